The zero-order valence-electron chi connectivity index (χ0n) is 36.2. The number of nitrogens with zero attached hydrogens (tertiary/aromatic N) is 4. The first-order valence-electron chi connectivity index (χ1n) is 21.6. The molecule has 8 rings (SSSR count). The van der Waals surface area contributed by atoms with Gasteiger partial charge in [0.25, 0.3) is 0 Å². The predicted octanol–water partition coefficient (Wildman–Crippen LogP) is 9.63. The number of amides is 4. The second-order valence-corrected chi connectivity index (χ2v) is 16.3. The summed E-state index contributed by atoms with van der Waals surface area (Å²) in [6.45, 7) is 5.05. The third-order valence-corrected chi connectivity index (χ3v) is 12.4. The summed E-state index contributed by atoms with van der Waals surface area (Å²) < 4.78 is 12.1. The number of cyclic esters (lactones) is 2. The zero-order chi connectivity index (χ0) is 45.1. The van der Waals surface area contributed by atoms with Gasteiger partial charge in [-0.3, -0.25) is 19.6 Å². The number of primary amides is 2. The molecule has 2 aliphatic rings. The lowest BCUT2D eigenvalue weighted by atomic mass is 9.84. The second-order valence-electron chi connectivity index (χ2n) is 16.3. The van der Waals surface area contributed by atoms with E-state index in [4.69, 9.17) is 20.9 Å². The van der Waals surface area contributed by atoms with Gasteiger partial charge >= 0.3 is 12.2 Å². The monoisotopic (exact) mass is 858 g/mol. The summed E-state index contributed by atoms with van der Waals surface area (Å²) >= 11 is 0. The maximum absolute atomic E-state index is 13.1. The van der Waals surface area contributed by atoms with Crippen molar-refractivity contribution >= 4 is 24.0 Å². The van der Waals surface area contributed by atoms with E-state index in [0.717, 1.165) is 44.5 Å². The molecule has 0 aliphatic carbocycles. The van der Waals surface area contributed by atoms with Crippen LogP contribution in [0.15, 0.2) is 158 Å². The van der Waals surface area contributed by atoms with E-state index in [1.165, 1.54) is 0 Å². The highest BCUT2D eigenvalue weighted by Gasteiger charge is 2.45. The number of nitrogens with two attached hydrogens (primary N) is 2. The molecule has 2 fully saturated rings. The Labute approximate surface area is 374 Å². The quantitative estimate of drug-likeness (QED) is 0.109. The molecular formula is C52H54N6O6. The summed E-state index contributed by atoms with van der Waals surface area (Å²) in [5.41, 5.74) is 17.3. The van der Waals surface area contributed by atoms with Gasteiger partial charge in [-0.25, -0.2) is 9.59 Å². The Kier molecular flexibility index (Phi) is 14.1. The molecule has 4 atom stereocenters. The topological polar surface area (TPSA) is 171 Å². The lowest BCUT2D eigenvalue weighted by Gasteiger charge is -2.43. The molecule has 0 bridgehead atoms. The maximum Gasteiger partial charge on any atom is 0.411 e. The van der Waals surface area contributed by atoms with Crippen LogP contribution in [0.2, 0.25) is 0 Å². The molecule has 12 nitrogen and oxygen atoms in total. The maximum atomic E-state index is 13.1. The summed E-state index contributed by atoms with van der Waals surface area (Å²) in [7, 11) is 0. The predicted molar refractivity (Wildman–Crippen MR) is 245 cm³/mol. The number of aromatic nitrogens is 2. The van der Waals surface area contributed by atoms with Crippen LogP contribution in [0.4, 0.5) is 9.59 Å². The van der Waals surface area contributed by atoms with E-state index in [9.17, 15) is 19.2 Å². The number of carbonyl (C=O) groups excluding carboxylic acids is 4. The van der Waals surface area contributed by atoms with E-state index in [0.29, 0.717) is 38.8 Å². The normalized spacial score (nSPS) is 19.3. The van der Waals surface area contributed by atoms with Gasteiger partial charge in [-0.15, -0.1) is 0 Å². The molecule has 4 unspecified atom stereocenters. The van der Waals surface area contributed by atoms with E-state index in [1.807, 2.05) is 141 Å². The van der Waals surface area contributed by atoms with E-state index < -0.39 is 23.0 Å². The molecular weight excluding hydrogens is 805 g/mol. The van der Waals surface area contributed by atoms with Gasteiger partial charge in [0.2, 0.25) is 11.8 Å². The summed E-state index contributed by atoms with van der Waals surface area (Å²) in [5, 5.41) is 0. The molecule has 4 aromatic carbocycles. The van der Waals surface area contributed by atoms with Crippen molar-refractivity contribution in [2.45, 2.75) is 75.7 Å². The van der Waals surface area contributed by atoms with Crippen LogP contribution < -0.4 is 11.5 Å². The number of carbonyl (C=O) groups is 4. The third-order valence-electron chi connectivity index (χ3n) is 12.4. The SMILES string of the molecule is CC(c1ccc(-c2cccnc2)cc1)N1CCC(CCC(N)=O)(c2ccccc2)OC1=O.CC(c1ccc(-c2ccncc2)cc1)N1CCC(CCC(N)=O)(c2ccccc2)OC1=O. The molecule has 4 heterocycles. The Bertz CT molecular complexity index is 2320. The average Bonchev–Trinajstić information content (AvgIpc) is 3.34. The number of rotatable bonds is 14. The smallest absolute Gasteiger partial charge is 0.411 e. The van der Waals surface area contributed by atoms with Crippen molar-refractivity contribution in [3.63, 3.8) is 0 Å². The number of hydrogen-bond donors (Lipinski definition) is 2. The van der Waals surface area contributed by atoms with Gasteiger partial charge in [-0.1, -0.05) is 115 Å². The van der Waals surface area contributed by atoms with Gasteiger partial charge < -0.3 is 30.7 Å². The zero-order valence-corrected chi connectivity index (χ0v) is 36.2. The summed E-state index contributed by atoms with van der Waals surface area (Å²) in [5.74, 6) is -0.803. The van der Waals surface area contributed by atoms with Crippen LogP contribution in [0.3, 0.4) is 0 Å². The van der Waals surface area contributed by atoms with Crippen molar-refractivity contribution in [1.29, 1.82) is 0 Å². The van der Waals surface area contributed by atoms with Gasteiger partial charge in [-0.05, 0) is 76.6 Å². The largest absolute Gasteiger partial charge is 0.438 e. The molecule has 2 aliphatic heterocycles. The standard InChI is InChI=1S/2C26H27N3O3/c1-19(20-9-11-21(12-10-20)22-6-5-16-28-18-22)29-17-15-26(32-25(29)31,14-13-24(27)30)23-7-3-2-4-8-23;1-19(20-7-9-21(10-8-20)22-12-16-28-17-13-22)29-18-15-26(32-25(29)31,14-11-24(27)30)23-5-3-2-4-6-23/h2-12,16,18-19H,13-15,17H2,1H3,(H2,27,30);2-10,12-13,16-17,19H,11,14-15,18H2,1H3,(H2,27,30). The molecule has 4 N–H and O–H groups in total. The van der Waals surface area contributed by atoms with Crippen LogP contribution in [-0.4, -0.2) is 56.9 Å². The molecule has 0 radical (unpaired) electrons. The number of hydrogen-bond acceptors (Lipinski definition) is 8. The highest BCUT2D eigenvalue weighted by atomic mass is 16.6. The van der Waals surface area contributed by atoms with E-state index in [2.05, 4.69) is 22.1 Å². The first kappa shape index (κ1) is 44.7. The average molecular weight is 859 g/mol. The van der Waals surface area contributed by atoms with Crippen LogP contribution in [0.5, 0.6) is 0 Å². The van der Waals surface area contributed by atoms with Crippen molar-refractivity contribution in [2.75, 3.05) is 13.1 Å². The summed E-state index contributed by atoms with van der Waals surface area (Å²) in [4.78, 5) is 60.8. The molecule has 2 aromatic heterocycles. The lowest BCUT2D eigenvalue weighted by Crippen LogP contribution is -2.49. The van der Waals surface area contributed by atoms with Crippen molar-refractivity contribution in [1.82, 2.24) is 19.8 Å². The first-order valence-corrected chi connectivity index (χ1v) is 21.6. The van der Waals surface area contributed by atoms with E-state index in [-0.39, 0.29) is 37.1 Å². The Balaban J connectivity index is 0.000000191. The van der Waals surface area contributed by atoms with Crippen LogP contribution in [0, 0.1) is 0 Å². The Morgan fingerprint density at radius 2 is 0.969 bits per heavy atom. The molecule has 0 saturated carbocycles. The first-order chi connectivity index (χ1) is 31.0. The molecule has 328 valence electrons. The summed E-state index contributed by atoms with van der Waals surface area (Å²) in [6, 6.07) is 43.1. The molecule has 12 heteroatoms. The lowest BCUT2D eigenvalue weighted by molar-refractivity contribution is -0.121. The van der Waals surface area contributed by atoms with E-state index >= 15 is 0 Å². The minimum absolute atomic E-state index is 0.140. The molecule has 0 spiro atoms. The number of pyridine rings is 2. The molecule has 6 aromatic rings. The molecule has 64 heavy (non-hydrogen) atoms. The van der Waals surface area contributed by atoms with Gasteiger partial charge in [0.15, 0.2) is 0 Å². The van der Waals surface area contributed by atoms with E-state index in [1.54, 1.807) is 28.4 Å². The van der Waals surface area contributed by atoms with Crippen LogP contribution in [0.25, 0.3) is 22.3 Å². The van der Waals surface area contributed by atoms with Gasteiger partial charge in [0.1, 0.15) is 11.2 Å². The Hall–Kier alpha value is -7.34. The van der Waals surface area contributed by atoms with Crippen molar-refractivity contribution in [3.05, 3.63) is 181 Å². The fraction of sp³-hybridized carbons (Fsp3) is 0.269. The molecule has 2 saturated heterocycles. The summed E-state index contributed by atoms with van der Waals surface area (Å²) in [6.07, 6.45) is 8.62. The third kappa shape index (κ3) is 10.5. The number of benzene rings is 4. The highest BCUT2D eigenvalue weighted by molar-refractivity contribution is 5.75. The van der Waals surface area contributed by atoms with Crippen molar-refractivity contribution < 1.29 is 28.7 Å². The van der Waals surface area contributed by atoms with Gasteiger partial charge in [0.05, 0.1) is 12.1 Å². The Morgan fingerprint density at radius 3 is 1.36 bits per heavy atom. The van der Waals surface area contributed by atoms with Crippen molar-refractivity contribution in [2.24, 2.45) is 11.5 Å². The van der Waals surface area contributed by atoms with Crippen LogP contribution in [-0.2, 0) is 30.3 Å². The van der Waals surface area contributed by atoms with Crippen LogP contribution in [0.1, 0.15) is 86.7 Å². The highest BCUT2D eigenvalue weighted by Crippen LogP contribution is 2.42. The van der Waals surface area contributed by atoms with Gasteiger partial charge in [0, 0.05) is 76.4 Å². The van der Waals surface area contributed by atoms with Crippen molar-refractivity contribution in [3.8, 4) is 22.3 Å². The minimum atomic E-state index is -0.840. The Morgan fingerprint density at radius 1 is 0.547 bits per heavy atom. The fourth-order valence-electron chi connectivity index (χ4n) is 8.57. The minimum Gasteiger partial charge on any atom is -0.438 e. The fourth-order valence-corrected chi connectivity index (χ4v) is 8.57. The van der Waals surface area contributed by atoms with Crippen LogP contribution >= 0.6 is 0 Å². The number of ether oxygens (including phenoxy) is 2. The second kappa shape index (κ2) is 20.2. The molecule has 4 amide bonds. The van der Waals surface area contributed by atoms with Gasteiger partial charge in [-0.2, -0.15) is 0 Å².